The summed E-state index contributed by atoms with van der Waals surface area (Å²) in [5, 5.41) is 8.75. The van der Waals surface area contributed by atoms with Gasteiger partial charge in [-0.1, -0.05) is 6.42 Å². The standard InChI is InChI=1S/C12H15N3/c1-15(9-10-3-2-4-10)12-5-6-14-11(7-12)8-13/h5-7,10H,2-4,9H2,1H3. The minimum atomic E-state index is 0.493. The summed E-state index contributed by atoms with van der Waals surface area (Å²) >= 11 is 0. The normalized spacial score (nSPS) is 15.5. The summed E-state index contributed by atoms with van der Waals surface area (Å²) in [5.74, 6) is 0.841. The van der Waals surface area contributed by atoms with Crippen molar-refractivity contribution in [3.63, 3.8) is 0 Å². The summed E-state index contributed by atoms with van der Waals surface area (Å²) in [4.78, 5) is 6.18. The average Bonchev–Trinajstić information content (AvgIpc) is 2.23. The van der Waals surface area contributed by atoms with E-state index in [2.05, 4.69) is 23.0 Å². The Morgan fingerprint density at radius 2 is 2.40 bits per heavy atom. The summed E-state index contributed by atoms with van der Waals surface area (Å²) in [7, 11) is 2.08. The molecule has 0 aliphatic heterocycles. The lowest BCUT2D eigenvalue weighted by molar-refractivity contribution is 0.321. The number of anilines is 1. The molecule has 0 unspecified atom stereocenters. The summed E-state index contributed by atoms with van der Waals surface area (Å²) in [6, 6.07) is 5.87. The van der Waals surface area contributed by atoms with Crippen molar-refractivity contribution >= 4 is 5.69 Å². The Morgan fingerprint density at radius 3 is 3.00 bits per heavy atom. The first kappa shape index (κ1) is 9.97. The van der Waals surface area contributed by atoms with Gasteiger partial charge in [0.05, 0.1) is 0 Å². The van der Waals surface area contributed by atoms with Crippen molar-refractivity contribution in [3.8, 4) is 6.07 Å². The highest BCUT2D eigenvalue weighted by Crippen LogP contribution is 2.28. The van der Waals surface area contributed by atoms with Crippen LogP contribution >= 0.6 is 0 Å². The van der Waals surface area contributed by atoms with E-state index in [0.29, 0.717) is 5.69 Å². The second-order valence-corrected chi connectivity index (χ2v) is 4.19. The molecule has 0 atom stereocenters. The first-order valence-electron chi connectivity index (χ1n) is 5.37. The van der Waals surface area contributed by atoms with Gasteiger partial charge >= 0.3 is 0 Å². The molecule has 1 heterocycles. The van der Waals surface area contributed by atoms with Crippen molar-refractivity contribution in [2.75, 3.05) is 18.5 Å². The Labute approximate surface area is 90.4 Å². The molecule has 0 saturated heterocycles. The van der Waals surface area contributed by atoms with Crippen LogP contribution in [0.3, 0.4) is 0 Å². The third kappa shape index (κ3) is 2.27. The van der Waals surface area contributed by atoms with Crippen molar-refractivity contribution < 1.29 is 0 Å². The molecule has 3 nitrogen and oxygen atoms in total. The molecule has 1 aromatic heterocycles. The highest BCUT2D eigenvalue weighted by atomic mass is 15.1. The molecule has 15 heavy (non-hydrogen) atoms. The number of pyridine rings is 1. The van der Waals surface area contributed by atoms with Gasteiger partial charge in [0.15, 0.2) is 0 Å². The third-order valence-electron chi connectivity index (χ3n) is 3.06. The quantitative estimate of drug-likeness (QED) is 0.752. The lowest BCUT2D eigenvalue weighted by atomic mass is 9.85. The van der Waals surface area contributed by atoms with E-state index in [1.54, 1.807) is 6.20 Å². The van der Waals surface area contributed by atoms with E-state index in [4.69, 9.17) is 5.26 Å². The van der Waals surface area contributed by atoms with Crippen LogP contribution in [0.1, 0.15) is 25.0 Å². The molecule has 0 radical (unpaired) electrons. The second-order valence-electron chi connectivity index (χ2n) is 4.19. The van der Waals surface area contributed by atoms with Crippen molar-refractivity contribution in [1.29, 1.82) is 5.26 Å². The summed E-state index contributed by atoms with van der Waals surface area (Å²) in [6.45, 7) is 1.09. The molecular formula is C12H15N3. The molecule has 0 N–H and O–H groups in total. The molecule has 1 saturated carbocycles. The molecule has 1 fully saturated rings. The first-order valence-corrected chi connectivity index (χ1v) is 5.37. The van der Waals surface area contributed by atoms with Gasteiger partial charge in [0.25, 0.3) is 0 Å². The molecule has 0 aromatic carbocycles. The Kier molecular flexibility index (Phi) is 2.86. The number of rotatable bonds is 3. The molecule has 0 amide bonds. The summed E-state index contributed by atoms with van der Waals surface area (Å²) < 4.78 is 0. The Balaban J connectivity index is 2.03. The van der Waals surface area contributed by atoms with Crippen LogP contribution in [0.5, 0.6) is 0 Å². The zero-order valence-electron chi connectivity index (χ0n) is 8.98. The van der Waals surface area contributed by atoms with Gasteiger partial charge in [0, 0.05) is 25.5 Å². The molecular weight excluding hydrogens is 186 g/mol. The van der Waals surface area contributed by atoms with Gasteiger partial charge in [-0.3, -0.25) is 0 Å². The fourth-order valence-corrected chi connectivity index (χ4v) is 1.89. The van der Waals surface area contributed by atoms with E-state index < -0.39 is 0 Å². The highest BCUT2D eigenvalue weighted by Gasteiger charge is 2.19. The maximum atomic E-state index is 8.75. The minimum Gasteiger partial charge on any atom is -0.374 e. The number of nitrogens with zero attached hydrogens (tertiary/aromatic N) is 3. The maximum Gasteiger partial charge on any atom is 0.142 e. The third-order valence-corrected chi connectivity index (χ3v) is 3.06. The van der Waals surface area contributed by atoms with Crippen LogP contribution in [-0.4, -0.2) is 18.6 Å². The Bertz CT molecular complexity index is 377. The van der Waals surface area contributed by atoms with Crippen LogP contribution in [0, 0.1) is 17.2 Å². The fraction of sp³-hybridized carbons (Fsp3) is 0.500. The molecule has 2 rings (SSSR count). The van der Waals surface area contributed by atoms with Crippen molar-refractivity contribution in [3.05, 3.63) is 24.0 Å². The number of hydrogen-bond acceptors (Lipinski definition) is 3. The van der Waals surface area contributed by atoms with Crippen LogP contribution in [0.2, 0.25) is 0 Å². The SMILES string of the molecule is CN(CC1CCC1)c1ccnc(C#N)c1. The predicted molar refractivity (Wildman–Crippen MR) is 59.6 cm³/mol. The molecule has 0 bridgehead atoms. The van der Waals surface area contributed by atoms with Gasteiger partial charge in [-0.25, -0.2) is 4.98 Å². The Morgan fingerprint density at radius 1 is 1.60 bits per heavy atom. The van der Waals surface area contributed by atoms with E-state index in [-0.39, 0.29) is 0 Å². The lowest BCUT2D eigenvalue weighted by Crippen LogP contribution is -2.29. The van der Waals surface area contributed by atoms with Gasteiger partial charge in [0.2, 0.25) is 0 Å². The van der Waals surface area contributed by atoms with Crippen molar-refractivity contribution in [1.82, 2.24) is 4.98 Å². The maximum absolute atomic E-state index is 8.75. The van der Waals surface area contributed by atoms with Crippen LogP contribution in [0.25, 0.3) is 0 Å². The minimum absolute atomic E-state index is 0.493. The highest BCUT2D eigenvalue weighted by molar-refractivity contribution is 5.48. The van der Waals surface area contributed by atoms with Crippen LogP contribution in [-0.2, 0) is 0 Å². The topological polar surface area (TPSA) is 39.9 Å². The van der Waals surface area contributed by atoms with E-state index in [0.717, 1.165) is 18.2 Å². The van der Waals surface area contributed by atoms with Crippen LogP contribution < -0.4 is 4.90 Å². The van der Waals surface area contributed by atoms with Crippen molar-refractivity contribution in [2.24, 2.45) is 5.92 Å². The van der Waals surface area contributed by atoms with Crippen molar-refractivity contribution in [2.45, 2.75) is 19.3 Å². The Hall–Kier alpha value is -1.56. The van der Waals surface area contributed by atoms with Crippen LogP contribution in [0.4, 0.5) is 5.69 Å². The zero-order valence-corrected chi connectivity index (χ0v) is 8.98. The van der Waals surface area contributed by atoms with Gasteiger partial charge in [-0.15, -0.1) is 0 Å². The molecule has 78 valence electrons. The van der Waals surface area contributed by atoms with E-state index in [1.807, 2.05) is 12.1 Å². The lowest BCUT2D eigenvalue weighted by Gasteiger charge is -2.31. The second kappa shape index (κ2) is 4.31. The smallest absolute Gasteiger partial charge is 0.142 e. The number of aromatic nitrogens is 1. The first-order chi connectivity index (χ1) is 7.29. The number of hydrogen-bond donors (Lipinski definition) is 0. The van der Waals surface area contributed by atoms with Gasteiger partial charge in [-0.05, 0) is 30.9 Å². The predicted octanol–water partition coefficient (Wildman–Crippen LogP) is 2.19. The monoisotopic (exact) mass is 201 g/mol. The molecule has 0 spiro atoms. The average molecular weight is 201 g/mol. The largest absolute Gasteiger partial charge is 0.374 e. The van der Waals surface area contributed by atoms with Gasteiger partial charge in [-0.2, -0.15) is 5.26 Å². The van der Waals surface area contributed by atoms with Gasteiger partial charge < -0.3 is 4.90 Å². The molecule has 3 heteroatoms. The molecule has 1 aliphatic carbocycles. The fourth-order valence-electron chi connectivity index (χ4n) is 1.89. The summed E-state index contributed by atoms with van der Waals surface area (Å²) in [6.07, 6.45) is 5.77. The molecule has 1 aromatic rings. The van der Waals surface area contributed by atoms with E-state index in [9.17, 15) is 0 Å². The number of nitriles is 1. The zero-order chi connectivity index (χ0) is 10.7. The van der Waals surface area contributed by atoms with Gasteiger partial charge in [0.1, 0.15) is 11.8 Å². The summed E-state index contributed by atoms with van der Waals surface area (Å²) in [5.41, 5.74) is 1.58. The van der Waals surface area contributed by atoms with Crippen LogP contribution in [0.15, 0.2) is 18.3 Å². The van der Waals surface area contributed by atoms with E-state index in [1.165, 1.54) is 19.3 Å². The molecule has 1 aliphatic rings. The van der Waals surface area contributed by atoms with E-state index >= 15 is 0 Å².